The van der Waals surface area contributed by atoms with Crippen molar-refractivity contribution in [2.45, 2.75) is 12.7 Å². The fourth-order valence-electron chi connectivity index (χ4n) is 1.31. The first-order valence-corrected chi connectivity index (χ1v) is 5.09. The van der Waals surface area contributed by atoms with Crippen LogP contribution in [0.25, 0.3) is 5.65 Å². The van der Waals surface area contributed by atoms with Crippen LogP contribution in [-0.2, 0) is 11.3 Å². The number of nitrogens with two attached hydrogens (primary N) is 1. The van der Waals surface area contributed by atoms with E-state index in [0.29, 0.717) is 0 Å². The van der Waals surface area contributed by atoms with Gasteiger partial charge >= 0.3 is 0 Å². The maximum Gasteiger partial charge on any atom is 0.297 e. The molecule has 2 rings (SSSR count). The Morgan fingerprint density at radius 2 is 2.11 bits per heavy atom. The highest BCUT2D eigenvalue weighted by molar-refractivity contribution is 5.34. The maximum absolute atomic E-state index is 11.4. The van der Waals surface area contributed by atoms with Gasteiger partial charge in [0.2, 0.25) is 11.6 Å². The van der Waals surface area contributed by atoms with Gasteiger partial charge in [0.25, 0.3) is 5.56 Å². The van der Waals surface area contributed by atoms with E-state index >= 15 is 0 Å². The zero-order valence-electron chi connectivity index (χ0n) is 9.28. The number of anilines is 1. The average Bonchev–Trinajstić information content (AvgIpc) is 2.74. The van der Waals surface area contributed by atoms with Crippen molar-refractivity contribution in [3.63, 3.8) is 0 Å². The topological polar surface area (TPSA) is 152 Å². The second-order valence-electron chi connectivity index (χ2n) is 3.49. The molecule has 0 aliphatic heterocycles. The molecule has 0 atom stereocenters. The highest BCUT2D eigenvalue weighted by Gasteiger charge is 2.13. The van der Waals surface area contributed by atoms with Crippen molar-refractivity contribution in [3.05, 3.63) is 16.2 Å². The van der Waals surface area contributed by atoms with E-state index in [1.807, 2.05) is 0 Å². The predicted molar refractivity (Wildman–Crippen MR) is 58.6 cm³/mol. The molecule has 0 amide bonds. The summed E-state index contributed by atoms with van der Waals surface area (Å²) in [5.41, 5.74) is 4.88. The van der Waals surface area contributed by atoms with Gasteiger partial charge in [0, 0.05) is 0 Å². The summed E-state index contributed by atoms with van der Waals surface area (Å²) >= 11 is 0. The SMILES string of the molecule is Nc1nn2c(COC(CO)CO)nnc2c(=O)[nH]1. The molecule has 0 saturated carbocycles. The van der Waals surface area contributed by atoms with Crippen LogP contribution in [0.1, 0.15) is 5.82 Å². The molecule has 2 aromatic heterocycles. The van der Waals surface area contributed by atoms with Gasteiger partial charge in [-0.25, -0.2) is 0 Å². The minimum Gasteiger partial charge on any atom is -0.394 e. The summed E-state index contributed by atoms with van der Waals surface area (Å²) in [6.07, 6.45) is -0.725. The van der Waals surface area contributed by atoms with Gasteiger partial charge in [-0.15, -0.1) is 15.3 Å². The number of aliphatic hydroxyl groups excluding tert-OH is 2. The summed E-state index contributed by atoms with van der Waals surface area (Å²) in [5.74, 6) is 0.170. The molecule has 2 heterocycles. The first-order valence-electron chi connectivity index (χ1n) is 5.09. The van der Waals surface area contributed by atoms with E-state index in [1.54, 1.807) is 0 Å². The largest absolute Gasteiger partial charge is 0.394 e. The number of fused-ring (bicyclic) bond motifs is 1. The summed E-state index contributed by atoms with van der Waals surface area (Å²) in [6.45, 7) is -0.727. The van der Waals surface area contributed by atoms with E-state index in [9.17, 15) is 4.79 Å². The maximum atomic E-state index is 11.4. The quantitative estimate of drug-likeness (QED) is 0.449. The molecule has 0 saturated heterocycles. The van der Waals surface area contributed by atoms with Gasteiger partial charge in [-0.3, -0.25) is 9.78 Å². The number of hydrogen-bond donors (Lipinski definition) is 4. The number of hydrogen-bond acceptors (Lipinski definition) is 8. The highest BCUT2D eigenvalue weighted by atomic mass is 16.5. The Balaban J connectivity index is 2.27. The third-order valence-corrected chi connectivity index (χ3v) is 2.21. The third-order valence-electron chi connectivity index (χ3n) is 2.21. The predicted octanol–water partition coefficient (Wildman–Crippen LogP) is -2.74. The normalized spacial score (nSPS) is 11.5. The minimum atomic E-state index is -0.725. The number of aromatic nitrogens is 5. The lowest BCUT2D eigenvalue weighted by molar-refractivity contribution is -0.0312. The van der Waals surface area contributed by atoms with Crippen LogP contribution in [0.15, 0.2) is 4.79 Å². The lowest BCUT2D eigenvalue weighted by Crippen LogP contribution is -2.23. The van der Waals surface area contributed by atoms with Crippen LogP contribution in [0, 0.1) is 0 Å². The van der Waals surface area contributed by atoms with E-state index in [-0.39, 0.29) is 37.2 Å². The molecular weight excluding hydrogens is 244 g/mol. The first-order chi connectivity index (χ1) is 8.65. The van der Waals surface area contributed by atoms with Gasteiger partial charge in [0.05, 0.1) is 13.2 Å². The minimum absolute atomic E-state index is 0.00709. The van der Waals surface area contributed by atoms with Gasteiger partial charge in [-0.05, 0) is 0 Å². The molecule has 0 bridgehead atoms. The number of aromatic amines is 1. The molecule has 2 aromatic rings. The number of nitrogen functional groups attached to an aromatic ring is 1. The second-order valence-corrected chi connectivity index (χ2v) is 3.49. The third kappa shape index (κ3) is 2.30. The van der Waals surface area contributed by atoms with Crippen LogP contribution in [0.4, 0.5) is 5.95 Å². The zero-order valence-corrected chi connectivity index (χ0v) is 9.28. The number of aliphatic hydroxyl groups is 2. The van der Waals surface area contributed by atoms with Crippen molar-refractivity contribution in [3.8, 4) is 0 Å². The Hall–Kier alpha value is -2.04. The summed E-state index contributed by atoms with van der Waals surface area (Å²) in [6, 6.07) is 0. The molecule has 0 aliphatic rings. The molecule has 0 radical (unpaired) electrons. The molecule has 0 spiro atoms. The second kappa shape index (κ2) is 5.08. The van der Waals surface area contributed by atoms with Crippen LogP contribution in [0.2, 0.25) is 0 Å². The van der Waals surface area contributed by atoms with Crippen molar-refractivity contribution >= 4 is 11.6 Å². The molecule has 98 valence electrons. The number of H-pyrrole nitrogens is 1. The van der Waals surface area contributed by atoms with Crippen molar-refractivity contribution in [1.82, 2.24) is 24.8 Å². The smallest absolute Gasteiger partial charge is 0.297 e. The lowest BCUT2D eigenvalue weighted by atomic mass is 10.4. The molecule has 0 unspecified atom stereocenters. The van der Waals surface area contributed by atoms with E-state index in [0.717, 1.165) is 4.52 Å². The van der Waals surface area contributed by atoms with E-state index in [4.69, 9.17) is 20.7 Å². The first kappa shape index (κ1) is 12.4. The van der Waals surface area contributed by atoms with Crippen LogP contribution in [-0.4, -0.2) is 54.3 Å². The van der Waals surface area contributed by atoms with Gasteiger partial charge in [0.1, 0.15) is 12.7 Å². The molecule has 5 N–H and O–H groups in total. The van der Waals surface area contributed by atoms with Crippen molar-refractivity contribution in [2.75, 3.05) is 18.9 Å². The summed E-state index contributed by atoms with van der Waals surface area (Å²) < 4.78 is 6.31. The Labute approximate surface area is 100 Å². The molecule has 18 heavy (non-hydrogen) atoms. The molecule has 0 aromatic carbocycles. The zero-order chi connectivity index (χ0) is 13.1. The van der Waals surface area contributed by atoms with Crippen LogP contribution in [0.5, 0.6) is 0 Å². The Morgan fingerprint density at radius 3 is 2.78 bits per heavy atom. The number of nitrogens with zero attached hydrogens (tertiary/aromatic N) is 4. The Morgan fingerprint density at radius 1 is 1.39 bits per heavy atom. The Kier molecular flexibility index (Phi) is 3.50. The average molecular weight is 256 g/mol. The summed E-state index contributed by atoms with van der Waals surface area (Å²) in [4.78, 5) is 13.7. The molecular formula is C8H12N6O4. The van der Waals surface area contributed by atoms with Crippen molar-refractivity contribution in [1.29, 1.82) is 0 Å². The number of ether oxygens (including phenoxy) is 1. The lowest BCUT2D eigenvalue weighted by Gasteiger charge is -2.10. The van der Waals surface area contributed by atoms with Gasteiger partial charge in [-0.2, -0.15) is 4.52 Å². The van der Waals surface area contributed by atoms with Crippen LogP contribution in [0.3, 0.4) is 0 Å². The standard InChI is InChI=1S/C8H12N6O4/c9-8-10-7(17)6-12-11-5(14(6)13-8)3-18-4(1-15)2-16/h4,15-16H,1-3H2,(H3,9,10,13,17). The molecule has 0 fully saturated rings. The monoisotopic (exact) mass is 256 g/mol. The highest BCUT2D eigenvalue weighted by Crippen LogP contribution is 2.02. The summed E-state index contributed by atoms with van der Waals surface area (Å²) in [7, 11) is 0. The van der Waals surface area contributed by atoms with Crippen molar-refractivity contribution < 1.29 is 14.9 Å². The summed E-state index contributed by atoms with van der Waals surface area (Å²) in [5, 5.41) is 28.9. The van der Waals surface area contributed by atoms with E-state index in [2.05, 4.69) is 20.3 Å². The van der Waals surface area contributed by atoms with Gasteiger partial charge < -0.3 is 20.7 Å². The van der Waals surface area contributed by atoms with Gasteiger partial charge in [-0.1, -0.05) is 0 Å². The Bertz CT molecular complexity index is 589. The fourth-order valence-corrected chi connectivity index (χ4v) is 1.31. The van der Waals surface area contributed by atoms with E-state index < -0.39 is 11.7 Å². The fraction of sp³-hybridized carbons (Fsp3) is 0.500. The molecule has 10 heteroatoms. The number of nitrogens with one attached hydrogen (secondary N) is 1. The molecule has 10 nitrogen and oxygen atoms in total. The number of rotatable bonds is 5. The molecule has 0 aliphatic carbocycles. The van der Waals surface area contributed by atoms with Crippen LogP contribution < -0.4 is 11.3 Å². The van der Waals surface area contributed by atoms with Crippen molar-refractivity contribution in [2.24, 2.45) is 0 Å². The van der Waals surface area contributed by atoms with E-state index in [1.165, 1.54) is 0 Å². The van der Waals surface area contributed by atoms with Crippen LogP contribution >= 0.6 is 0 Å². The van der Waals surface area contributed by atoms with Gasteiger partial charge in [0.15, 0.2) is 5.82 Å².